The molecule has 1 amide bonds. The quantitative estimate of drug-likeness (QED) is 0.347. The second kappa shape index (κ2) is 10.2. The normalized spacial score (nSPS) is 14.1. The number of nitrogens with one attached hydrogen (secondary N) is 2. The Balaban J connectivity index is 0.00000289. The molecule has 9 heteroatoms. The molecule has 1 aromatic heterocycles. The third-order valence-electron chi connectivity index (χ3n) is 5.60. The van der Waals surface area contributed by atoms with Gasteiger partial charge in [-0.05, 0) is 54.5 Å². The monoisotopic (exact) mass is 507 g/mol. The van der Waals surface area contributed by atoms with Crippen molar-refractivity contribution in [2.75, 3.05) is 17.7 Å². The standard InChI is InChI=1S/C26H22ClN5O2.ClH/c1-16-6-8-18(9-7-16)23-15-22(17-10-12-20(27)13-11-17)28-26-30-25(31-32(23)26)29-24(33)19-4-3-5-21(14-19)34-2;/h3-15,23H,1-2H3,(H2,28,29,30,31,33);1H. The van der Waals surface area contributed by atoms with Gasteiger partial charge in [-0.1, -0.05) is 59.6 Å². The molecule has 0 fully saturated rings. The van der Waals surface area contributed by atoms with Gasteiger partial charge >= 0.3 is 0 Å². The van der Waals surface area contributed by atoms with E-state index >= 15 is 0 Å². The summed E-state index contributed by atoms with van der Waals surface area (Å²) in [6.45, 7) is 2.05. The van der Waals surface area contributed by atoms with Crippen LogP contribution >= 0.6 is 24.0 Å². The molecule has 0 bridgehead atoms. The number of hydrogen-bond acceptors (Lipinski definition) is 5. The Labute approximate surface area is 214 Å². The van der Waals surface area contributed by atoms with Crippen molar-refractivity contribution in [3.8, 4) is 5.75 Å². The zero-order chi connectivity index (χ0) is 23.7. The first-order valence-corrected chi connectivity index (χ1v) is 11.1. The van der Waals surface area contributed by atoms with Gasteiger partial charge in [-0.3, -0.25) is 10.1 Å². The molecule has 0 aliphatic carbocycles. The topological polar surface area (TPSA) is 81.1 Å². The maximum atomic E-state index is 12.8. The van der Waals surface area contributed by atoms with E-state index in [0.717, 1.165) is 16.8 Å². The number of methoxy groups -OCH3 is 1. The van der Waals surface area contributed by atoms with Gasteiger partial charge in [0, 0.05) is 16.3 Å². The van der Waals surface area contributed by atoms with E-state index in [1.807, 2.05) is 31.2 Å². The Kier molecular flexibility index (Phi) is 7.10. The average molecular weight is 508 g/mol. The zero-order valence-electron chi connectivity index (χ0n) is 19.0. The van der Waals surface area contributed by atoms with Gasteiger partial charge in [-0.15, -0.1) is 17.5 Å². The van der Waals surface area contributed by atoms with E-state index in [4.69, 9.17) is 16.3 Å². The van der Waals surface area contributed by atoms with E-state index in [2.05, 4.69) is 51.1 Å². The van der Waals surface area contributed by atoms with Crippen LogP contribution in [0.25, 0.3) is 5.70 Å². The number of anilines is 2. The largest absolute Gasteiger partial charge is 0.497 e. The van der Waals surface area contributed by atoms with Gasteiger partial charge in [0.05, 0.1) is 7.11 Å². The van der Waals surface area contributed by atoms with Crippen LogP contribution in [0.1, 0.15) is 33.1 Å². The molecule has 1 unspecified atom stereocenters. The number of amides is 1. The van der Waals surface area contributed by atoms with Crippen molar-refractivity contribution in [2.45, 2.75) is 13.0 Å². The Morgan fingerprint density at radius 3 is 2.54 bits per heavy atom. The first-order valence-electron chi connectivity index (χ1n) is 10.7. The average Bonchev–Trinajstić information content (AvgIpc) is 3.26. The predicted molar refractivity (Wildman–Crippen MR) is 141 cm³/mol. The lowest BCUT2D eigenvalue weighted by Crippen LogP contribution is -2.20. The number of hydrogen-bond donors (Lipinski definition) is 2. The highest BCUT2D eigenvalue weighted by molar-refractivity contribution is 6.30. The van der Waals surface area contributed by atoms with Gasteiger partial charge in [-0.25, -0.2) is 4.68 Å². The minimum absolute atomic E-state index is 0. The fraction of sp³-hybridized carbons (Fsp3) is 0.115. The van der Waals surface area contributed by atoms with Crippen LogP contribution in [0.15, 0.2) is 78.9 Å². The summed E-state index contributed by atoms with van der Waals surface area (Å²) in [5.74, 6) is 1.01. The number of fused-ring (bicyclic) bond motifs is 1. The van der Waals surface area contributed by atoms with E-state index in [1.54, 1.807) is 36.1 Å². The zero-order valence-corrected chi connectivity index (χ0v) is 20.6. The molecule has 0 saturated carbocycles. The SMILES string of the molecule is COc1cccc(C(=O)Nc2nc3n(n2)C(c2ccc(C)cc2)C=C(c2ccc(Cl)cc2)N3)c1.Cl. The Morgan fingerprint density at radius 2 is 1.83 bits per heavy atom. The van der Waals surface area contributed by atoms with Crippen molar-refractivity contribution in [3.63, 3.8) is 0 Å². The van der Waals surface area contributed by atoms with Crippen molar-refractivity contribution in [3.05, 3.63) is 106 Å². The molecule has 0 saturated heterocycles. The summed E-state index contributed by atoms with van der Waals surface area (Å²) < 4.78 is 6.98. The third kappa shape index (κ3) is 5.16. The summed E-state index contributed by atoms with van der Waals surface area (Å²) >= 11 is 6.08. The van der Waals surface area contributed by atoms with Crippen LogP contribution in [0, 0.1) is 6.92 Å². The predicted octanol–water partition coefficient (Wildman–Crippen LogP) is 5.98. The van der Waals surface area contributed by atoms with E-state index in [0.29, 0.717) is 22.3 Å². The lowest BCUT2D eigenvalue weighted by molar-refractivity contribution is 0.102. The molecule has 1 atom stereocenters. The molecule has 1 aliphatic rings. The minimum Gasteiger partial charge on any atom is -0.497 e. The molecule has 4 aromatic rings. The Bertz CT molecular complexity index is 1380. The smallest absolute Gasteiger partial charge is 0.258 e. The molecule has 2 N–H and O–H groups in total. The summed E-state index contributed by atoms with van der Waals surface area (Å²) in [4.78, 5) is 17.4. The van der Waals surface area contributed by atoms with Gasteiger partial charge in [0.25, 0.3) is 11.9 Å². The molecule has 0 radical (unpaired) electrons. The fourth-order valence-corrected chi connectivity index (χ4v) is 3.91. The van der Waals surface area contributed by atoms with Gasteiger partial charge < -0.3 is 10.1 Å². The summed E-state index contributed by atoms with van der Waals surface area (Å²) in [7, 11) is 1.56. The van der Waals surface area contributed by atoms with Crippen LogP contribution in [0.3, 0.4) is 0 Å². The number of ether oxygens (including phenoxy) is 1. The van der Waals surface area contributed by atoms with E-state index in [9.17, 15) is 4.79 Å². The minimum atomic E-state index is -0.320. The molecule has 35 heavy (non-hydrogen) atoms. The number of rotatable bonds is 5. The van der Waals surface area contributed by atoms with Crippen LogP contribution in [-0.2, 0) is 0 Å². The highest BCUT2D eigenvalue weighted by Gasteiger charge is 2.26. The lowest BCUT2D eigenvalue weighted by Gasteiger charge is -2.24. The number of benzene rings is 3. The van der Waals surface area contributed by atoms with E-state index in [-0.39, 0.29) is 30.3 Å². The molecule has 5 rings (SSSR count). The van der Waals surface area contributed by atoms with Crippen LogP contribution in [0.5, 0.6) is 5.75 Å². The van der Waals surface area contributed by atoms with Crippen molar-refractivity contribution in [1.82, 2.24) is 14.8 Å². The highest BCUT2D eigenvalue weighted by atomic mass is 35.5. The van der Waals surface area contributed by atoms with Gasteiger partial charge in [0.2, 0.25) is 5.95 Å². The number of halogens is 2. The van der Waals surface area contributed by atoms with Crippen molar-refractivity contribution < 1.29 is 9.53 Å². The first-order chi connectivity index (χ1) is 16.5. The number of allylic oxidation sites excluding steroid dienone is 1. The van der Waals surface area contributed by atoms with E-state index in [1.165, 1.54) is 5.56 Å². The van der Waals surface area contributed by atoms with Gasteiger partial charge in [0.15, 0.2) is 0 Å². The van der Waals surface area contributed by atoms with Crippen molar-refractivity contribution >= 4 is 47.5 Å². The molecule has 0 spiro atoms. The maximum Gasteiger partial charge on any atom is 0.258 e. The molecule has 3 aromatic carbocycles. The molecule has 1 aliphatic heterocycles. The van der Waals surface area contributed by atoms with Crippen molar-refractivity contribution in [1.29, 1.82) is 0 Å². The Morgan fingerprint density at radius 1 is 1.09 bits per heavy atom. The Hall–Kier alpha value is -3.81. The number of aryl methyl sites for hydroxylation is 1. The summed E-state index contributed by atoms with van der Waals surface area (Å²) in [5.41, 5.74) is 4.53. The van der Waals surface area contributed by atoms with Crippen LogP contribution in [0.2, 0.25) is 5.02 Å². The van der Waals surface area contributed by atoms with Gasteiger partial charge in [0.1, 0.15) is 11.8 Å². The first kappa shape index (κ1) is 24.3. The van der Waals surface area contributed by atoms with Crippen LogP contribution in [0.4, 0.5) is 11.9 Å². The third-order valence-corrected chi connectivity index (χ3v) is 5.85. The van der Waals surface area contributed by atoms with Crippen LogP contribution in [-0.4, -0.2) is 27.8 Å². The van der Waals surface area contributed by atoms with E-state index < -0.39 is 0 Å². The fourth-order valence-electron chi connectivity index (χ4n) is 3.78. The maximum absolute atomic E-state index is 12.8. The number of carbonyl (C=O) groups excluding carboxylic acids is 1. The number of carbonyl (C=O) groups is 1. The van der Waals surface area contributed by atoms with Gasteiger partial charge in [-0.2, -0.15) is 4.98 Å². The molecule has 178 valence electrons. The van der Waals surface area contributed by atoms with Crippen LogP contribution < -0.4 is 15.4 Å². The summed E-state index contributed by atoms with van der Waals surface area (Å²) in [6.07, 6.45) is 2.09. The summed E-state index contributed by atoms with van der Waals surface area (Å²) in [6, 6.07) is 22.6. The molecular weight excluding hydrogens is 485 g/mol. The van der Waals surface area contributed by atoms with Crippen molar-refractivity contribution in [2.24, 2.45) is 0 Å². The summed E-state index contributed by atoms with van der Waals surface area (Å²) in [5, 5.41) is 11.4. The lowest BCUT2D eigenvalue weighted by atomic mass is 10.0. The number of aromatic nitrogens is 3. The second-order valence-electron chi connectivity index (χ2n) is 7.96. The molecule has 2 heterocycles. The molecular formula is C26H23Cl2N5O2. The number of nitrogens with zero attached hydrogens (tertiary/aromatic N) is 3. The second-order valence-corrected chi connectivity index (χ2v) is 8.39. The highest BCUT2D eigenvalue weighted by Crippen LogP contribution is 2.33. The molecule has 7 nitrogen and oxygen atoms in total.